The minimum absolute atomic E-state index is 0. The van der Waals surface area contributed by atoms with Crippen molar-refractivity contribution >= 4 is 29.9 Å². The molecule has 0 amide bonds. The number of piperidine rings is 2. The molecule has 2 aliphatic rings. The van der Waals surface area contributed by atoms with Crippen molar-refractivity contribution in [3.05, 3.63) is 0 Å². The summed E-state index contributed by atoms with van der Waals surface area (Å²) in [5, 5.41) is 3.56. The molecule has 0 aromatic heterocycles. The smallest absolute Gasteiger partial charge is 0.193 e. The number of nitrogens with zero attached hydrogens (tertiary/aromatic N) is 3. The molecule has 1 N–H and O–H groups in total. The summed E-state index contributed by atoms with van der Waals surface area (Å²) in [7, 11) is 1.79. The van der Waals surface area contributed by atoms with Crippen LogP contribution in [0.4, 0.5) is 0 Å². The first-order chi connectivity index (χ1) is 12.6. The molecule has 160 valence electrons. The van der Waals surface area contributed by atoms with Gasteiger partial charge in [-0.2, -0.15) is 0 Å². The van der Waals surface area contributed by atoms with Gasteiger partial charge in [0.05, 0.1) is 6.61 Å². The number of methoxy groups -OCH3 is 1. The van der Waals surface area contributed by atoms with E-state index in [1.807, 2.05) is 0 Å². The maximum absolute atomic E-state index is 5.20. The first-order valence-electron chi connectivity index (χ1n) is 10.8. The second-order valence-electron chi connectivity index (χ2n) is 8.56. The molecule has 0 saturated carbocycles. The van der Waals surface area contributed by atoms with E-state index in [1.165, 1.54) is 51.6 Å². The van der Waals surface area contributed by atoms with Crippen molar-refractivity contribution in [1.82, 2.24) is 15.1 Å². The van der Waals surface area contributed by atoms with Crippen molar-refractivity contribution in [1.29, 1.82) is 0 Å². The van der Waals surface area contributed by atoms with Gasteiger partial charge in [-0.25, -0.2) is 0 Å². The van der Waals surface area contributed by atoms with E-state index < -0.39 is 0 Å². The Hall–Kier alpha value is -0.0800. The van der Waals surface area contributed by atoms with Crippen molar-refractivity contribution in [3.63, 3.8) is 0 Å². The van der Waals surface area contributed by atoms with Gasteiger partial charge in [0.15, 0.2) is 5.96 Å². The molecule has 2 fully saturated rings. The maximum Gasteiger partial charge on any atom is 0.193 e. The van der Waals surface area contributed by atoms with Gasteiger partial charge in [0, 0.05) is 39.8 Å². The maximum atomic E-state index is 5.20. The quantitative estimate of drug-likeness (QED) is 0.316. The van der Waals surface area contributed by atoms with Crippen molar-refractivity contribution in [2.75, 3.05) is 59.5 Å². The van der Waals surface area contributed by atoms with Gasteiger partial charge >= 0.3 is 0 Å². The lowest BCUT2D eigenvalue weighted by molar-refractivity contribution is 0.121. The van der Waals surface area contributed by atoms with Gasteiger partial charge in [0.1, 0.15) is 0 Å². The molecule has 2 aliphatic heterocycles. The zero-order valence-corrected chi connectivity index (χ0v) is 20.5. The van der Waals surface area contributed by atoms with Crippen LogP contribution in [0.1, 0.15) is 59.3 Å². The van der Waals surface area contributed by atoms with Gasteiger partial charge in [-0.3, -0.25) is 4.99 Å². The summed E-state index contributed by atoms with van der Waals surface area (Å²) in [4.78, 5) is 10.1. The molecule has 0 aromatic rings. The Balaban J connectivity index is 0.00000364. The van der Waals surface area contributed by atoms with Crippen LogP contribution in [-0.2, 0) is 4.74 Å². The predicted molar refractivity (Wildman–Crippen MR) is 126 cm³/mol. The van der Waals surface area contributed by atoms with Gasteiger partial charge in [-0.15, -0.1) is 24.0 Å². The molecule has 2 heterocycles. The lowest BCUT2D eigenvalue weighted by atomic mass is 9.78. The number of rotatable bonds is 8. The summed E-state index contributed by atoms with van der Waals surface area (Å²) in [5.41, 5.74) is 0.454. The van der Waals surface area contributed by atoms with Crippen LogP contribution in [0.25, 0.3) is 0 Å². The third-order valence-electron chi connectivity index (χ3n) is 6.09. The van der Waals surface area contributed by atoms with E-state index in [9.17, 15) is 0 Å². The molecule has 2 saturated heterocycles. The molecule has 27 heavy (non-hydrogen) atoms. The van der Waals surface area contributed by atoms with E-state index in [-0.39, 0.29) is 24.0 Å². The fraction of sp³-hybridized carbons (Fsp3) is 0.952. The number of ether oxygens (including phenoxy) is 1. The third-order valence-corrected chi connectivity index (χ3v) is 6.09. The molecule has 0 spiro atoms. The summed E-state index contributed by atoms with van der Waals surface area (Å²) in [5.74, 6) is 1.88. The fourth-order valence-corrected chi connectivity index (χ4v) is 4.56. The highest BCUT2D eigenvalue weighted by molar-refractivity contribution is 14.0. The Kier molecular flexibility index (Phi) is 12.2. The summed E-state index contributed by atoms with van der Waals surface area (Å²) in [6, 6.07) is 0. The lowest BCUT2D eigenvalue weighted by Gasteiger charge is -2.42. The number of nitrogens with one attached hydrogen (secondary N) is 1. The van der Waals surface area contributed by atoms with Gasteiger partial charge in [0.2, 0.25) is 0 Å². The van der Waals surface area contributed by atoms with Crippen molar-refractivity contribution in [2.45, 2.75) is 59.3 Å². The van der Waals surface area contributed by atoms with Crippen molar-refractivity contribution < 1.29 is 4.74 Å². The number of likely N-dealkylation sites (tertiary alicyclic amines) is 2. The molecule has 1 unspecified atom stereocenters. The summed E-state index contributed by atoms with van der Waals surface area (Å²) >= 11 is 0. The summed E-state index contributed by atoms with van der Waals surface area (Å²) in [6.45, 7) is 15.5. The van der Waals surface area contributed by atoms with Crippen LogP contribution < -0.4 is 5.32 Å². The van der Waals surface area contributed by atoms with Gasteiger partial charge in [-0.1, -0.05) is 20.3 Å². The fourth-order valence-electron chi connectivity index (χ4n) is 4.56. The molecular weight excluding hydrogens is 451 g/mol. The van der Waals surface area contributed by atoms with Crippen LogP contribution in [0.3, 0.4) is 0 Å². The summed E-state index contributed by atoms with van der Waals surface area (Å²) < 4.78 is 5.20. The van der Waals surface area contributed by atoms with Crippen LogP contribution in [0.15, 0.2) is 4.99 Å². The standard InChI is InChI=1S/C21H42N4O.HI/c1-5-10-21(3)11-7-12-25(18-21)20(22-6-2)23-17-19-8-13-24(14-9-19)15-16-26-4;/h19H,5-18H2,1-4H3,(H,22,23);1H. The number of aliphatic imine (C=N–C) groups is 1. The number of halogens is 1. The van der Waals surface area contributed by atoms with E-state index in [0.29, 0.717) is 5.41 Å². The monoisotopic (exact) mass is 494 g/mol. The van der Waals surface area contributed by atoms with Gasteiger partial charge < -0.3 is 19.9 Å². The Morgan fingerprint density at radius 1 is 1.22 bits per heavy atom. The van der Waals surface area contributed by atoms with Crippen LogP contribution in [0, 0.1) is 11.3 Å². The molecule has 0 aromatic carbocycles. The second-order valence-corrected chi connectivity index (χ2v) is 8.56. The van der Waals surface area contributed by atoms with Crippen LogP contribution >= 0.6 is 24.0 Å². The zero-order chi connectivity index (χ0) is 18.8. The molecular formula is C21H43IN4O. The Morgan fingerprint density at radius 3 is 2.59 bits per heavy atom. The third kappa shape index (κ3) is 8.44. The van der Waals surface area contributed by atoms with E-state index in [0.717, 1.165) is 51.2 Å². The normalized spacial score (nSPS) is 25.3. The van der Waals surface area contributed by atoms with E-state index in [1.54, 1.807) is 7.11 Å². The van der Waals surface area contributed by atoms with Crippen LogP contribution in [0.5, 0.6) is 0 Å². The molecule has 0 radical (unpaired) electrons. The molecule has 0 aliphatic carbocycles. The minimum atomic E-state index is 0. The number of guanidine groups is 1. The predicted octanol–water partition coefficient (Wildman–Crippen LogP) is 3.83. The molecule has 5 nitrogen and oxygen atoms in total. The molecule has 0 bridgehead atoms. The number of hydrogen-bond acceptors (Lipinski definition) is 3. The highest BCUT2D eigenvalue weighted by Crippen LogP contribution is 2.34. The first-order valence-corrected chi connectivity index (χ1v) is 10.8. The molecule has 6 heteroatoms. The largest absolute Gasteiger partial charge is 0.383 e. The summed E-state index contributed by atoms with van der Waals surface area (Å²) in [6.07, 6.45) is 7.78. The molecule has 1 atom stereocenters. The van der Waals surface area contributed by atoms with E-state index in [4.69, 9.17) is 9.73 Å². The van der Waals surface area contributed by atoms with Crippen molar-refractivity contribution in [3.8, 4) is 0 Å². The van der Waals surface area contributed by atoms with E-state index >= 15 is 0 Å². The lowest BCUT2D eigenvalue weighted by Crippen LogP contribution is -2.50. The minimum Gasteiger partial charge on any atom is -0.383 e. The Labute approximate surface area is 184 Å². The van der Waals surface area contributed by atoms with Crippen LogP contribution in [-0.4, -0.2) is 75.3 Å². The van der Waals surface area contributed by atoms with Crippen LogP contribution in [0.2, 0.25) is 0 Å². The average Bonchev–Trinajstić information content (AvgIpc) is 2.64. The zero-order valence-electron chi connectivity index (χ0n) is 18.1. The Morgan fingerprint density at radius 2 is 1.96 bits per heavy atom. The highest BCUT2D eigenvalue weighted by Gasteiger charge is 2.31. The average molecular weight is 495 g/mol. The van der Waals surface area contributed by atoms with Gasteiger partial charge in [0.25, 0.3) is 0 Å². The highest BCUT2D eigenvalue weighted by atomic mass is 127. The number of hydrogen-bond donors (Lipinski definition) is 1. The van der Waals surface area contributed by atoms with Crippen molar-refractivity contribution in [2.24, 2.45) is 16.3 Å². The van der Waals surface area contributed by atoms with E-state index in [2.05, 4.69) is 35.9 Å². The second kappa shape index (κ2) is 13.2. The van der Waals surface area contributed by atoms with Gasteiger partial charge in [-0.05, 0) is 63.5 Å². The Bertz CT molecular complexity index is 422. The SMILES string of the molecule is CCCC1(C)CCCN(C(=NCC2CCN(CCOC)CC2)NCC)C1.I. The topological polar surface area (TPSA) is 40.1 Å². The first kappa shape index (κ1) is 25.0. The molecule has 2 rings (SSSR count).